The van der Waals surface area contributed by atoms with Crippen molar-refractivity contribution >= 4 is 0 Å². The van der Waals surface area contributed by atoms with Crippen molar-refractivity contribution in [2.45, 2.75) is 38.1 Å². The molecular formula is C13H16F3NO. The van der Waals surface area contributed by atoms with Gasteiger partial charge in [0.15, 0.2) is 0 Å². The highest BCUT2D eigenvalue weighted by molar-refractivity contribution is 5.32. The molecule has 0 bridgehead atoms. The van der Waals surface area contributed by atoms with Gasteiger partial charge in [-0.3, -0.25) is 0 Å². The van der Waals surface area contributed by atoms with E-state index in [1.54, 1.807) is 0 Å². The molecule has 0 amide bonds. The van der Waals surface area contributed by atoms with Crippen LogP contribution in [0.5, 0.6) is 0 Å². The molecule has 18 heavy (non-hydrogen) atoms. The zero-order valence-electron chi connectivity index (χ0n) is 10.2. The van der Waals surface area contributed by atoms with Gasteiger partial charge in [0.05, 0.1) is 0 Å². The van der Waals surface area contributed by atoms with Gasteiger partial charge in [0.2, 0.25) is 0 Å². The highest BCUT2D eigenvalue weighted by Crippen LogP contribution is 2.63. The van der Waals surface area contributed by atoms with Crippen molar-refractivity contribution in [2.24, 2.45) is 23.7 Å². The molecular weight excluding hydrogens is 243 g/mol. The number of halogens is 3. The van der Waals surface area contributed by atoms with Crippen molar-refractivity contribution in [1.29, 1.82) is 0 Å². The minimum absolute atomic E-state index is 0.251. The summed E-state index contributed by atoms with van der Waals surface area (Å²) in [6.45, 7) is 1.74. The van der Waals surface area contributed by atoms with E-state index in [9.17, 15) is 13.2 Å². The molecule has 1 saturated heterocycles. The number of allylic oxidation sites excluding steroid dienone is 2. The average molecular weight is 259 g/mol. The van der Waals surface area contributed by atoms with Crippen LogP contribution < -0.4 is 5.32 Å². The first-order valence-corrected chi connectivity index (χ1v) is 6.62. The van der Waals surface area contributed by atoms with Crippen LogP contribution in [0.2, 0.25) is 0 Å². The first-order chi connectivity index (χ1) is 8.43. The summed E-state index contributed by atoms with van der Waals surface area (Å²) in [6, 6.07) is 0. The van der Waals surface area contributed by atoms with E-state index in [2.05, 4.69) is 5.32 Å². The van der Waals surface area contributed by atoms with Crippen LogP contribution in [-0.2, 0) is 4.74 Å². The second kappa shape index (κ2) is 3.06. The molecule has 2 saturated carbocycles. The molecule has 1 N–H and O–H groups in total. The lowest BCUT2D eigenvalue weighted by atomic mass is 9.65. The van der Waals surface area contributed by atoms with E-state index in [-0.39, 0.29) is 6.61 Å². The lowest BCUT2D eigenvalue weighted by molar-refractivity contribution is -0.191. The molecule has 0 spiro atoms. The summed E-state index contributed by atoms with van der Waals surface area (Å²) in [5, 5.41) is 2.72. The maximum atomic E-state index is 12.9. The summed E-state index contributed by atoms with van der Waals surface area (Å²) in [4.78, 5) is 0. The molecule has 4 rings (SSSR count). The lowest BCUT2D eigenvalue weighted by Gasteiger charge is -2.44. The fourth-order valence-corrected chi connectivity index (χ4v) is 3.86. The number of hydrogen-bond donors (Lipinski definition) is 1. The predicted molar refractivity (Wildman–Crippen MR) is 58.4 cm³/mol. The lowest BCUT2D eigenvalue weighted by Crippen LogP contribution is -2.50. The van der Waals surface area contributed by atoms with Gasteiger partial charge in [-0.1, -0.05) is 5.57 Å². The van der Waals surface area contributed by atoms with Gasteiger partial charge in [0.25, 0.3) is 5.72 Å². The van der Waals surface area contributed by atoms with Crippen LogP contribution in [0.4, 0.5) is 13.2 Å². The van der Waals surface area contributed by atoms with Gasteiger partial charge in [-0.15, -0.1) is 0 Å². The molecule has 4 aliphatic rings. The number of hydrogen-bond acceptors (Lipinski definition) is 2. The number of nitrogens with one attached hydrogen (secondary N) is 1. The van der Waals surface area contributed by atoms with E-state index in [0.29, 0.717) is 17.8 Å². The molecule has 2 nitrogen and oxygen atoms in total. The van der Waals surface area contributed by atoms with Crippen molar-refractivity contribution in [1.82, 2.24) is 5.32 Å². The first-order valence-electron chi connectivity index (χ1n) is 6.62. The van der Waals surface area contributed by atoms with E-state index < -0.39 is 11.9 Å². The van der Waals surface area contributed by atoms with Gasteiger partial charge in [0, 0.05) is 11.6 Å². The fourth-order valence-electron chi connectivity index (χ4n) is 3.86. The summed E-state index contributed by atoms with van der Waals surface area (Å²) in [5.41, 5.74) is -0.0780. The molecule has 0 aromatic carbocycles. The fraction of sp³-hybridized carbons (Fsp3) is 0.846. The van der Waals surface area contributed by atoms with Gasteiger partial charge in [-0.2, -0.15) is 13.2 Å². The summed E-state index contributed by atoms with van der Waals surface area (Å²) in [5.74, 6) is 2.26. The number of alkyl halides is 3. The quantitative estimate of drug-likeness (QED) is 0.771. The number of fused-ring (bicyclic) bond motifs is 3. The normalized spacial score (nSPS) is 49.1. The van der Waals surface area contributed by atoms with E-state index in [1.165, 1.54) is 12.8 Å². The zero-order valence-corrected chi connectivity index (χ0v) is 10.2. The largest absolute Gasteiger partial charge is 0.439 e. The summed E-state index contributed by atoms with van der Waals surface area (Å²) >= 11 is 0. The Morgan fingerprint density at radius 1 is 1.22 bits per heavy atom. The molecule has 1 heterocycles. The Balaban J connectivity index is 1.63. The second-order valence-corrected chi connectivity index (χ2v) is 6.19. The summed E-state index contributed by atoms with van der Waals surface area (Å²) in [6.07, 6.45) is -0.927. The Bertz CT molecular complexity index is 438. The van der Waals surface area contributed by atoms with Crippen LogP contribution in [0.3, 0.4) is 0 Å². The Labute approximate surface area is 104 Å². The van der Waals surface area contributed by atoms with Crippen LogP contribution in [0.1, 0.15) is 26.2 Å². The van der Waals surface area contributed by atoms with Crippen molar-refractivity contribution < 1.29 is 17.9 Å². The highest BCUT2D eigenvalue weighted by Gasteiger charge is 2.68. The molecule has 3 unspecified atom stereocenters. The number of rotatable bonds is 2. The molecule has 3 aliphatic carbocycles. The molecule has 0 aromatic rings. The molecule has 1 aliphatic heterocycles. The SMILES string of the molecule is CC1=C(NC2(C(F)(F)F)CO2)[C@H]2CCC2[C@H]2CC12. The van der Waals surface area contributed by atoms with Gasteiger partial charge >= 0.3 is 6.18 Å². The summed E-state index contributed by atoms with van der Waals surface area (Å²) < 4.78 is 43.5. The third-order valence-electron chi connectivity index (χ3n) is 5.30. The standard InChI is InChI=1S/C13H16F3NO/c1-6-9-4-10(9)7-2-3-8(7)11(6)17-12(5-18-12)13(14,15)16/h7-10,17H,2-5H2,1H3/t7?,8-,9?,10+,12?/m0/s1. The van der Waals surface area contributed by atoms with Gasteiger partial charge in [-0.25, -0.2) is 0 Å². The Morgan fingerprint density at radius 3 is 2.44 bits per heavy atom. The molecule has 5 heteroatoms. The van der Waals surface area contributed by atoms with Gasteiger partial charge in [-0.05, 0) is 43.9 Å². The number of epoxide rings is 1. The molecule has 0 aromatic heterocycles. The van der Waals surface area contributed by atoms with Crippen LogP contribution >= 0.6 is 0 Å². The van der Waals surface area contributed by atoms with Crippen molar-refractivity contribution in [3.05, 3.63) is 11.3 Å². The minimum Gasteiger partial charge on any atom is -0.351 e. The zero-order chi connectivity index (χ0) is 12.7. The third kappa shape index (κ3) is 1.29. The maximum Gasteiger partial charge on any atom is 0.439 e. The third-order valence-corrected chi connectivity index (χ3v) is 5.30. The highest BCUT2D eigenvalue weighted by atomic mass is 19.4. The van der Waals surface area contributed by atoms with Crippen LogP contribution in [0.25, 0.3) is 0 Å². The van der Waals surface area contributed by atoms with Crippen molar-refractivity contribution in [3.63, 3.8) is 0 Å². The molecule has 3 fully saturated rings. The molecule has 5 atom stereocenters. The van der Waals surface area contributed by atoms with Crippen LogP contribution in [0.15, 0.2) is 11.3 Å². The van der Waals surface area contributed by atoms with E-state index in [4.69, 9.17) is 4.74 Å². The summed E-state index contributed by atoms with van der Waals surface area (Å²) in [7, 11) is 0. The molecule has 100 valence electrons. The van der Waals surface area contributed by atoms with Crippen molar-refractivity contribution in [2.75, 3.05) is 6.61 Å². The van der Waals surface area contributed by atoms with Crippen LogP contribution in [0, 0.1) is 23.7 Å². The van der Waals surface area contributed by atoms with E-state index in [1.807, 2.05) is 6.92 Å². The van der Waals surface area contributed by atoms with Gasteiger partial charge < -0.3 is 10.1 Å². The topological polar surface area (TPSA) is 24.6 Å². The smallest absolute Gasteiger partial charge is 0.351 e. The Morgan fingerprint density at radius 2 is 1.94 bits per heavy atom. The van der Waals surface area contributed by atoms with E-state index >= 15 is 0 Å². The number of ether oxygens (including phenoxy) is 1. The van der Waals surface area contributed by atoms with Gasteiger partial charge in [0.1, 0.15) is 6.61 Å². The maximum absolute atomic E-state index is 12.9. The van der Waals surface area contributed by atoms with Crippen molar-refractivity contribution in [3.8, 4) is 0 Å². The second-order valence-electron chi connectivity index (χ2n) is 6.19. The average Bonchev–Trinajstić information content (AvgIpc) is 3.05. The Kier molecular flexibility index (Phi) is 1.89. The monoisotopic (exact) mass is 259 g/mol. The van der Waals surface area contributed by atoms with E-state index in [0.717, 1.165) is 23.6 Å². The Hall–Kier alpha value is -0.710. The molecule has 0 radical (unpaired) electrons. The predicted octanol–water partition coefficient (Wildman–Crippen LogP) is 2.81. The minimum atomic E-state index is -4.32. The van der Waals surface area contributed by atoms with Crippen LogP contribution in [-0.4, -0.2) is 18.5 Å². The first kappa shape index (κ1) is 11.1.